The summed E-state index contributed by atoms with van der Waals surface area (Å²) in [7, 11) is 7.36. The van der Waals surface area contributed by atoms with Crippen LogP contribution in [-0.4, -0.2) is 71.6 Å². The highest BCUT2D eigenvalue weighted by Crippen LogP contribution is 2.35. The Kier molecular flexibility index (Phi) is 11.0. The van der Waals surface area contributed by atoms with Crippen LogP contribution >= 0.6 is 0 Å². The molecule has 0 bridgehead atoms. The molecule has 0 aliphatic heterocycles. The van der Waals surface area contributed by atoms with Crippen LogP contribution in [0.15, 0.2) is 36.0 Å². The summed E-state index contributed by atoms with van der Waals surface area (Å²) in [5.41, 5.74) is 2.25. The van der Waals surface area contributed by atoms with Gasteiger partial charge in [-0.25, -0.2) is 4.79 Å². The van der Waals surface area contributed by atoms with Crippen LogP contribution < -0.4 is 16.0 Å². The monoisotopic (exact) mass is 569 g/mol. The quantitative estimate of drug-likeness (QED) is 0.289. The number of rotatable bonds is 12. The van der Waals surface area contributed by atoms with Crippen LogP contribution in [0.5, 0.6) is 0 Å². The van der Waals surface area contributed by atoms with Gasteiger partial charge in [0.25, 0.3) is 0 Å². The fraction of sp³-hybridized carbons (Fsp3) is 0.594. The number of aliphatic carboxylic acids is 1. The van der Waals surface area contributed by atoms with Gasteiger partial charge in [0, 0.05) is 48.7 Å². The molecule has 9 nitrogen and oxygen atoms in total. The van der Waals surface area contributed by atoms with Crippen LogP contribution in [0, 0.1) is 11.3 Å². The summed E-state index contributed by atoms with van der Waals surface area (Å²) in [6.45, 7) is 16.0. The summed E-state index contributed by atoms with van der Waals surface area (Å²) in [5, 5.41) is 20.0. The second-order valence-electron chi connectivity index (χ2n) is 13.1. The fourth-order valence-electron chi connectivity index (χ4n) is 5.54. The molecule has 1 unspecified atom stereocenters. The van der Waals surface area contributed by atoms with Gasteiger partial charge in [-0.05, 0) is 49.5 Å². The average molecular weight is 570 g/mol. The Bertz CT molecular complexity index is 1280. The van der Waals surface area contributed by atoms with E-state index in [2.05, 4.69) is 44.9 Å². The molecule has 0 radical (unpaired) electrons. The Morgan fingerprint density at radius 1 is 1.07 bits per heavy atom. The fourth-order valence-corrected chi connectivity index (χ4v) is 5.54. The zero-order chi connectivity index (χ0) is 31.4. The van der Waals surface area contributed by atoms with E-state index in [0.717, 1.165) is 23.0 Å². The molecular formula is C32H51N5O4. The van der Waals surface area contributed by atoms with Gasteiger partial charge in [0.05, 0.1) is 12.1 Å². The van der Waals surface area contributed by atoms with Crippen molar-refractivity contribution in [2.75, 3.05) is 21.1 Å². The highest BCUT2D eigenvalue weighted by molar-refractivity contribution is 5.93. The molecule has 2 rings (SSSR count). The number of nitrogens with one attached hydrogen (secondary N) is 3. The van der Waals surface area contributed by atoms with Gasteiger partial charge in [0.1, 0.15) is 6.04 Å². The minimum absolute atomic E-state index is 0.0291. The molecule has 41 heavy (non-hydrogen) atoms. The lowest BCUT2D eigenvalue weighted by Gasteiger charge is -2.39. The van der Waals surface area contributed by atoms with E-state index in [4.69, 9.17) is 0 Å². The van der Waals surface area contributed by atoms with Crippen molar-refractivity contribution in [2.45, 2.75) is 85.5 Å². The predicted octanol–water partition coefficient (Wildman–Crippen LogP) is 3.81. The number of hydrogen-bond acceptors (Lipinski definition) is 5. The lowest BCUT2D eigenvalue weighted by Crippen LogP contribution is -2.61. The number of carbonyl (C=O) groups is 3. The summed E-state index contributed by atoms with van der Waals surface area (Å²) in [6, 6.07) is 4.46. The van der Waals surface area contributed by atoms with Gasteiger partial charge in [0.2, 0.25) is 11.8 Å². The second kappa shape index (κ2) is 13.2. The Balaban J connectivity index is 2.46. The summed E-state index contributed by atoms with van der Waals surface area (Å²) < 4.78 is 2.09. The van der Waals surface area contributed by atoms with Crippen molar-refractivity contribution < 1.29 is 19.5 Å². The first-order valence-electron chi connectivity index (χ1n) is 14.3. The van der Waals surface area contributed by atoms with E-state index < -0.39 is 34.9 Å². The van der Waals surface area contributed by atoms with Crippen molar-refractivity contribution in [2.24, 2.45) is 18.4 Å². The normalized spacial score (nSPS) is 15.1. The highest BCUT2D eigenvalue weighted by Gasteiger charge is 2.42. The van der Waals surface area contributed by atoms with Crippen LogP contribution in [0.3, 0.4) is 0 Å². The number of nitrogens with zero attached hydrogens (tertiary/aromatic N) is 2. The van der Waals surface area contributed by atoms with Crippen molar-refractivity contribution in [1.29, 1.82) is 0 Å². The number of aryl methyl sites for hydroxylation is 1. The van der Waals surface area contributed by atoms with Gasteiger partial charge in [-0.2, -0.15) is 0 Å². The van der Waals surface area contributed by atoms with E-state index in [1.54, 1.807) is 25.1 Å². The van der Waals surface area contributed by atoms with Crippen molar-refractivity contribution in [3.63, 3.8) is 0 Å². The molecule has 0 saturated heterocycles. The second-order valence-corrected chi connectivity index (χ2v) is 13.1. The van der Waals surface area contributed by atoms with Crippen molar-refractivity contribution in [1.82, 2.24) is 25.4 Å². The zero-order valence-corrected chi connectivity index (χ0v) is 27.0. The molecule has 3 atom stereocenters. The molecule has 9 heteroatoms. The maximum absolute atomic E-state index is 14.0. The zero-order valence-electron chi connectivity index (χ0n) is 27.0. The van der Waals surface area contributed by atoms with Gasteiger partial charge in [-0.3, -0.25) is 9.59 Å². The molecule has 0 aliphatic carbocycles. The molecule has 0 fully saturated rings. The third-order valence-corrected chi connectivity index (χ3v) is 8.04. The van der Waals surface area contributed by atoms with Gasteiger partial charge in [0.15, 0.2) is 0 Å². The first kappa shape index (κ1) is 34.0. The number of carbonyl (C=O) groups excluding carboxylic acids is 2. The molecule has 228 valence electrons. The first-order chi connectivity index (χ1) is 18.9. The number of amides is 2. The third kappa shape index (κ3) is 7.57. The SMILES string of the molecule is CNCc1ccc2c(C(C)(C)C(NC)C(=O)N[C@H](C(=O)N(C)[C@H](/C=C(\C)C(=O)O)C(C)C)C(C)(C)C)cn(C)c2c1. The van der Waals surface area contributed by atoms with Crippen molar-refractivity contribution >= 4 is 28.7 Å². The molecule has 0 spiro atoms. The van der Waals surface area contributed by atoms with Crippen LogP contribution in [0.1, 0.15) is 66.5 Å². The Labute approximate surface area is 245 Å². The predicted molar refractivity (Wildman–Crippen MR) is 166 cm³/mol. The first-order valence-corrected chi connectivity index (χ1v) is 14.3. The topological polar surface area (TPSA) is 116 Å². The number of carboxylic acid groups (broad SMARTS) is 1. The number of likely N-dealkylation sites (N-methyl/N-ethyl adjacent to an activating group) is 2. The molecule has 2 aromatic rings. The maximum atomic E-state index is 14.0. The largest absolute Gasteiger partial charge is 0.478 e. The average Bonchev–Trinajstić information content (AvgIpc) is 3.21. The van der Waals surface area contributed by atoms with Crippen LogP contribution in [0.4, 0.5) is 0 Å². The number of carboxylic acids is 1. The van der Waals surface area contributed by atoms with E-state index in [-0.39, 0.29) is 23.3 Å². The van der Waals surface area contributed by atoms with Gasteiger partial charge in [-0.1, -0.05) is 66.7 Å². The summed E-state index contributed by atoms with van der Waals surface area (Å²) in [5.74, 6) is -1.60. The molecule has 4 N–H and O–H groups in total. The lowest BCUT2D eigenvalue weighted by atomic mass is 9.76. The Morgan fingerprint density at radius 3 is 2.17 bits per heavy atom. The number of benzene rings is 1. The number of aromatic nitrogens is 1. The van der Waals surface area contributed by atoms with Crippen LogP contribution in [0.2, 0.25) is 0 Å². The van der Waals surface area contributed by atoms with E-state index >= 15 is 0 Å². The molecule has 0 aliphatic rings. The number of hydrogen-bond donors (Lipinski definition) is 4. The smallest absolute Gasteiger partial charge is 0.331 e. The van der Waals surface area contributed by atoms with Crippen LogP contribution in [0.25, 0.3) is 10.9 Å². The van der Waals surface area contributed by atoms with Gasteiger partial charge < -0.3 is 30.5 Å². The van der Waals surface area contributed by atoms with E-state index in [1.807, 2.05) is 62.6 Å². The maximum Gasteiger partial charge on any atom is 0.331 e. The van der Waals surface area contributed by atoms with Crippen molar-refractivity contribution in [3.8, 4) is 0 Å². The molecular weight excluding hydrogens is 518 g/mol. The molecule has 1 heterocycles. The summed E-state index contributed by atoms with van der Waals surface area (Å²) in [6.07, 6.45) is 3.68. The summed E-state index contributed by atoms with van der Waals surface area (Å²) in [4.78, 5) is 41.0. The van der Waals surface area contributed by atoms with Gasteiger partial charge in [-0.15, -0.1) is 0 Å². The van der Waals surface area contributed by atoms with E-state index in [0.29, 0.717) is 0 Å². The molecule has 1 aromatic heterocycles. The number of fused-ring (bicyclic) bond motifs is 1. The third-order valence-electron chi connectivity index (χ3n) is 8.04. The van der Waals surface area contributed by atoms with E-state index in [1.165, 1.54) is 12.5 Å². The molecule has 0 saturated carbocycles. The highest BCUT2D eigenvalue weighted by atomic mass is 16.4. The summed E-state index contributed by atoms with van der Waals surface area (Å²) >= 11 is 0. The Hall–Kier alpha value is -3.17. The van der Waals surface area contributed by atoms with E-state index in [9.17, 15) is 19.5 Å². The minimum Gasteiger partial charge on any atom is -0.478 e. The van der Waals surface area contributed by atoms with Crippen LogP contribution in [-0.2, 0) is 33.4 Å². The molecule has 2 amide bonds. The standard InChI is InChI=1S/C32H51N5O4/c1-19(2)24(15-20(3)30(40)41)37(12)29(39)27(31(4,5)6)35-28(38)26(34-10)32(7,8)23-18-36(11)25-16-21(17-33-9)13-14-22(23)25/h13-16,18-19,24,26-27,33-34H,17H2,1-12H3,(H,35,38)(H,40,41)/b20-15+/t24-,26?,27-/m1/s1. The molecule has 1 aromatic carbocycles. The minimum atomic E-state index is -1.03. The van der Waals surface area contributed by atoms with Gasteiger partial charge >= 0.3 is 5.97 Å². The Morgan fingerprint density at radius 2 is 1.68 bits per heavy atom. The lowest BCUT2D eigenvalue weighted by molar-refractivity contribution is -0.141. The van der Waals surface area contributed by atoms with Crippen molar-refractivity contribution in [3.05, 3.63) is 47.2 Å².